The van der Waals surface area contributed by atoms with Crippen molar-refractivity contribution >= 4 is 21.8 Å². The molecule has 0 unspecified atom stereocenters. The molecule has 0 aliphatic heterocycles. The molecule has 0 spiro atoms. The summed E-state index contributed by atoms with van der Waals surface area (Å²) in [5, 5.41) is 2.92. The maximum atomic E-state index is 13.5. The molecule has 0 aromatic heterocycles. The van der Waals surface area contributed by atoms with E-state index in [0.717, 1.165) is 21.0 Å². The van der Waals surface area contributed by atoms with E-state index in [9.17, 15) is 18.0 Å². The van der Waals surface area contributed by atoms with E-state index in [4.69, 9.17) is 0 Å². The number of hydrogen-bond acceptors (Lipinski definition) is 4. The van der Waals surface area contributed by atoms with E-state index in [1.807, 2.05) is 58.9 Å². The zero-order chi connectivity index (χ0) is 25.5. The molecule has 2 rings (SSSR count). The van der Waals surface area contributed by atoms with E-state index in [1.165, 1.54) is 24.1 Å². The van der Waals surface area contributed by atoms with Gasteiger partial charge in [0.1, 0.15) is 6.04 Å². The summed E-state index contributed by atoms with van der Waals surface area (Å²) in [7, 11) is -2.47. The number of sulfonamides is 1. The molecule has 0 radical (unpaired) electrons. The molecule has 0 fully saturated rings. The lowest BCUT2D eigenvalue weighted by Crippen LogP contribution is -2.52. The molecule has 2 amide bonds. The number of likely N-dealkylation sites (N-methyl/N-ethyl adjacent to an activating group) is 1. The van der Waals surface area contributed by atoms with Crippen molar-refractivity contribution in [1.82, 2.24) is 14.5 Å². The van der Waals surface area contributed by atoms with Crippen molar-refractivity contribution in [2.24, 2.45) is 5.92 Å². The first-order chi connectivity index (χ1) is 16.0. The van der Waals surface area contributed by atoms with Gasteiger partial charge in [0.15, 0.2) is 0 Å². The third kappa shape index (κ3) is 7.14. The Balaban J connectivity index is 2.32. The molecule has 2 aromatic rings. The first-order valence-electron chi connectivity index (χ1n) is 11.6. The van der Waals surface area contributed by atoms with Crippen LogP contribution in [0.1, 0.15) is 43.9 Å². The predicted molar refractivity (Wildman–Crippen MR) is 135 cm³/mol. The Labute approximate surface area is 204 Å². The van der Waals surface area contributed by atoms with E-state index in [2.05, 4.69) is 5.32 Å². The number of rotatable bonds is 11. The lowest BCUT2D eigenvalue weighted by Gasteiger charge is -2.32. The van der Waals surface area contributed by atoms with Gasteiger partial charge in [-0.1, -0.05) is 62.7 Å². The van der Waals surface area contributed by atoms with Gasteiger partial charge in [-0.25, -0.2) is 8.42 Å². The van der Waals surface area contributed by atoms with Crippen molar-refractivity contribution in [2.45, 2.75) is 58.5 Å². The predicted octanol–water partition coefficient (Wildman–Crippen LogP) is 3.50. The van der Waals surface area contributed by atoms with Crippen LogP contribution in [0.2, 0.25) is 0 Å². The zero-order valence-electron chi connectivity index (χ0n) is 21.0. The van der Waals surface area contributed by atoms with Gasteiger partial charge < -0.3 is 10.2 Å². The number of carbonyl (C=O) groups is 2. The van der Waals surface area contributed by atoms with Gasteiger partial charge in [-0.15, -0.1) is 0 Å². The van der Waals surface area contributed by atoms with Crippen LogP contribution in [0.25, 0.3) is 0 Å². The normalized spacial score (nSPS) is 12.6. The SMILES string of the molecule is CC[C@@H](C(=O)NCC(C)C)N(Cc1ccccc1C)C(=O)CN(C)S(=O)(=O)c1ccc(C)cc1. The standard InChI is InChI=1S/C26H37N3O4S/c1-7-24(26(31)27-16-19(2)3)29(17-22-11-9-8-10-21(22)5)25(30)18-28(6)34(32,33)23-14-12-20(4)13-15-23/h8-15,19,24H,7,16-18H2,1-6H3,(H,27,31)/t24-/m0/s1. The van der Waals surface area contributed by atoms with E-state index in [-0.39, 0.29) is 29.8 Å². The zero-order valence-corrected chi connectivity index (χ0v) is 21.9. The number of nitrogens with zero attached hydrogens (tertiary/aromatic N) is 2. The van der Waals surface area contributed by atoms with E-state index in [1.54, 1.807) is 12.1 Å². The van der Waals surface area contributed by atoms with Crippen molar-refractivity contribution in [1.29, 1.82) is 0 Å². The Morgan fingerprint density at radius 2 is 1.62 bits per heavy atom. The van der Waals surface area contributed by atoms with Crippen LogP contribution in [0.5, 0.6) is 0 Å². The van der Waals surface area contributed by atoms with Crippen molar-refractivity contribution in [2.75, 3.05) is 20.1 Å². The second kappa shape index (κ2) is 12.1. The maximum Gasteiger partial charge on any atom is 0.243 e. The number of benzene rings is 2. The highest BCUT2D eigenvalue weighted by molar-refractivity contribution is 7.89. The molecular formula is C26H37N3O4S. The average molecular weight is 488 g/mol. The van der Waals surface area contributed by atoms with Crippen molar-refractivity contribution < 1.29 is 18.0 Å². The maximum absolute atomic E-state index is 13.5. The quantitative estimate of drug-likeness (QED) is 0.526. The average Bonchev–Trinajstić information content (AvgIpc) is 2.78. The van der Waals surface area contributed by atoms with Crippen LogP contribution in [-0.2, 0) is 26.2 Å². The second-order valence-corrected chi connectivity index (χ2v) is 11.1. The Hall–Kier alpha value is -2.71. The van der Waals surface area contributed by atoms with E-state index >= 15 is 0 Å². The lowest BCUT2D eigenvalue weighted by atomic mass is 10.1. The Morgan fingerprint density at radius 1 is 1.00 bits per heavy atom. The fourth-order valence-corrected chi connectivity index (χ4v) is 4.69. The lowest BCUT2D eigenvalue weighted by molar-refractivity contribution is -0.141. The number of amides is 2. The summed E-state index contributed by atoms with van der Waals surface area (Å²) in [5.74, 6) is -0.386. The highest BCUT2D eigenvalue weighted by Gasteiger charge is 2.32. The molecule has 0 heterocycles. The molecule has 2 aromatic carbocycles. The molecule has 34 heavy (non-hydrogen) atoms. The van der Waals surface area contributed by atoms with Crippen molar-refractivity contribution in [3.05, 3.63) is 65.2 Å². The van der Waals surface area contributed by atoms with E-state index < -0.39 is 22.0 Å². The van der Waals surface area contributed by atoms with Crippen LogP contribution in [-0.4, -0.2) is 55.6 Å². The monoisotopic (exact) mass is 487 g/mol. The summed E-state index contributed by atoms with van der Waals surface area (Å²) in [6.07, 6.45) is 0.413. The summed E-state index contributed by atoms with van der Waals surface area (Å²) in [6, 6.07) is 13.5. The first kappa shape index (κ1) is 27.5. The first-order valence-corrected chi connectivity index (χ1v) is 13.1. The van der Waals surface area contributed by atoms with Crippen LogP contribution in [0.15, 0.2) is 53.4 Å². The van der Waals surface area contributed by atoms with Crippen LogP contribution >= 0.6 is 0 Å². The Bertz CT molecular complexity index is 1080. The topological polar surface area (TPSA) is 86.8 Å². The third-order valence-corrected chi connectivity index (χ3v) is 7.58. The summed E-state index contributed by atoms with van der Waals surface area (Å²) in [4.78, 5) is 28.1. The number of carbonyl (C=O) groups excluding carboxylic acids is 2. The van der Waals surface area contributed by atoms with Crippen LogP contribution < -0.4 is 5.32 Å². The van der Waals surface area contributed by atoms with Crippen LogP contribution in [0.4, 0.5) is 0 Å². The summed E-state index contributed by atoms with van der Waals surface area (Å²) < 4.78 is 27.1. The van der Waals surface area contributed by atoms with Gasteiger partial charge in [-0.3, -0.25) is 9.59 Å². The Kier molecular flexibility index (Phi) is 9.82. The van der Waals surface area contributed by atoms with E-state index in [0.29, 0.717) is 13.0 Å². The molecule has 0 aliphatic rings. The van der Waals surface area contributed by atoms with Gasteiger partial charge in [0, 0.05) is 20.1 Å². The number of nitrogens with one attached hydrogen (secondary N) is 1. The summed E-state index contributed by atoms with van der Waals surface area (Å²) >= 11 is 0. The molecule has 0 aliphatic carbocycles. The van der Waals surface area contributed by atoms with Crippen molar-refractivity contribution in [3.63, 3.8) is 0 Å². The van der Waals surface area contributed by atoms with Gasteiger partial charge >= 0.3 is 0 Å². The van der Waals surface area contributed by atoms with Gasteiger partial charge in [0.05, 0.1) is 11.4 Å². The number of hydrogen-bond donors (Lipinski definition) is 1. The highest BCUT2D eigenvalue weighted by Crippen LogP contribution is 2.18. The summed E-state index contributed by atoms with van der Waals surface area (Å²) in [6.45, 7) is 10.0. The third-order valence-electron chi connectivity index (χ3n) is 5.76. The number of aryl methyl sites for hydroxylation is 2. The molecule has 1 N–H and O–H groups in total. The smallest absolute Gasteiger partial charge is 0.243 e. The molecule has 186 valence electrons. The van der Waals surface area contributed by atoms with Gasteiger partial charge in [0.25, 0.3) is 0 Å². The fraction of sp³-hybridized carbons (Fsp3) is 0.462. The van der Waals surface area contributed by atoms with Crippen LogP contribution in [0.3, 0.4) is 0 Å². The second-order valence-electron chi connectivity index (χ2n) is 9.09. The van der Waals surface area contributed by atoms with Gasteiger partial charge in [0.2, 0.25) is 21.8 Å². The molecule has 8 heteroatoms. The van der Waals surface area contributed by atoms with Crippen molar-refractivity contribution in [3.8, 4) is 0 Å². The minimum Gasteiger partial charge on any atom is -0.354 e. The molecule has 0 saturated heterocycles. The minimum absolute atomic E-state index is 0.126. The fourth-order valence-electron chi connectivity index (χ4n) is 3.57. The molecule has 0 bridgehead atoms. The molecule has 7 nitrogen and oxygen atoms in total. The Morgan fingerprint density at radius 3 is 2.18 bits per heavy atom. The largest absolute Gasteiger partial charge is 0.354 e. The minimum atomic E-state index is -3.85. The van der Waals surface area contributed by atoms with Crippen LogP contribution in [0, 0.1) is 19.8 Å². The van der Waals surface area contributed by atoms with Gasteiger partial charge in [-0.05, 0) is 49.4 Å². The van der Waals surface area contributed by atoms with Gasteiger partial charge in [-0.2, -0.15) is 4.31 Å². The highest BCUT2D eigenvalue weighted by atomic mass is 32.2. The summed E-state index contributed by atoms with van der Waals surface area (Å²) in [5.41, 5.74) is 2.86. The molecular weight excluding hydrogens is 450 g/mol. The molecule has 0 saturated carbocycles. The molecule has 1 atom stereocenters.